The largest absolute Gasteiger partial charge is 0.474 e. The molecule has 2 N–H and O–H groups in total. The van der Waals surface area contributed by atoms with Gasteiger partial charge in [-0.3, -0.25) is 14.9 Å². The first-order chi connectivity index (χ1) is 7.41. The van der Waals surface area contributed by atoms with Crippen LogP contribution in [0.25, 0.3) is 0 Å². The van der Waals surface area contributed by atoms with E-state index in [0.717, 1.165) is 18.2 Å². The molecule has 6 nitrogen and oxygen atoms in total. The molecule has 16 heavy (non-hydrogen) atoms. The number of amides is 1. The minimum Gasteiger partial charge on any atom is -0.474 e. The SMILES string of the molecule is C[C@H](Oc1cc(F)ccc1[N+](=O)[O-])C(N)=O. The molecule has 0 saturated heterocycles. The first-order valence-electron chi connectivity index (χ1n) is 4.31. The summed E-state index contributed by atoms with van der Waals surface area (Å²) in [6, 6.07) is 2.72. The molecule has 0 aromatic heterocycles. The smallest absolute Gasteiger partial charge is 0.311 e. The molecule has 86 valence electrons. The van der Waals surface area contributed by atoms with Crippen molar-refractivity contribution in [3.8, 4) is 5.75 Å². The zero-order chi connectivity index (χ0) is 12.3. The summed E-state index contributed by atoms with van der Waals surface area (Å²) in [5, 5.41) is 10.6. The van der Waals surface area contributed by atoms with E-state index < -0.39 is 28.4 Å². The van der Waals surface area contributed by atoms with Gasteiger partial charge < -0.3 is 10.5 Å². The van der Waals surface area contributed by atoms with Crippen LogP contribution in [0.4, 0.5) is 10.1 Å². The molecule has 0 radical (unpaired) electrons. The van der Waals surface area contributed by atoms with Crippen LogP contribution in [-0.2, 0) is 4.79 Å². The van der Waals surface area contributed by atoms with Crippen molar-refractivity contribution in [3.63, 3.8) is 0 Å². The van der Waals surface area contributed by atoms with Crippen LogP contribution in [0, 0.1) is 15.9 Å². The molecule has 0 aliphatic rings. The molecule has 0 aliphatic heterocycles. The first-order valence-corrected chi connectivity index (χ1v) is 4.31. The monoisotopic (exact) mass is 228 g/mol. The summed E-state index contributed by atoms with van der Waals surface area (Å²) < 4.78 is 17.7. The third-order valence-corrected chi connectivity index (χ3v) is 1.82. The highest BCUT2D eigenvalue weighted by atomic mass is 19.1. The van der Waals surface area contributed by atoms with Gasteiger partial charge >= 0.3 is 5.69 Å². The van der Waals surface area contributed by atoms with E-state index in [2.05, 4.69) is 0 Å². The number of hydrogen-bond acceptors (Lipinski definition) is 4. The Balaban J connectivity index is 3.05. The lowest BCUT2D eigenvalue weighted by atomic mass is 10.3. The van der Waals surface area contributed by atoms with Gasteiger partial charge in [-0.25, -0.2) is 4.39 Å². The van der Waals surface area contributed by atoms with Crippen molar-refractivity contribution in [2.45, 2.75) is 13.0 Å². The van der Waals surface area contributed by atoms with Crippen molar-refractivity contribution in [2.75, 3.05) is 0 Å². The van der Waals surface area contributed by atoms with E-state index in [1.165, 1.54) is 6.92 Å². The van der Waals surface area contributed by atoms with E-state index in [1.807, 2.05) is 0 Å². The number of nitro groups is 1. The molecule has 1 aromatic carbocycles. The average molecular weight is 228 g/mol. The fourth-order valence-electron chi connectivity index (χ4n) is 0.982. The maximum Gasteiger partial charge on any atom is 0.311 e. The highest BCUT2D eigenvalue weighted by Crippen LogP contribution is 2.28. The highest BCUT2D eigenvalue weighted by Gasteiger charge is 2.20. The molecule has 0 aliphatic carbocycles. The van der Waals surface area contributed by atoms with Gasteiger partial charge in [0, 0.05) is 12.1 Å². The van der Waals surface area contributed by atoms with Gasteiger partial charge in [0.05, 0.1) is 4.92 Å². The van der Waals surface area contributed by atoms with Crippen molar-refractivity contribution < 1.29 is 18.8 Å². The van der Waals surface area contributed by atoms with E-state index in [1.54, 1.807) is 0 Å². The minimum absolute atomic E-state index is 0.323. The summed E-state index contributed by atoms with van der Waals surface area (Å²) >= 11 is 0. The average Bonchev–Trinajstić information content (AvgIpc) is 2.16. The number of halogens is 1. The lowest BCUT2D eigenvalue weighted by Crippen LogP contribution is -2.30. The van der Waals surface area contributed by atoms with Crippen LogP contribution in [0.15, 0.2) is 18.2 Å². The normalized spacial score (nSPS) is 11.9. The van der Waals surface area contributed by atoms with E-state index >= 15 is 0 Å². The molecule has 0 fully saturated rings. The lowest BCUT2D eigenvalue weighted by Gasteiger charge is -2.10. The van der Waals surface area contributed by atoms with E-state index in [-0.39, 0.29) is 5.75 Å². The number of carbonyl (C=O) groups is 1. The number of hydrogen-bond donors (Lipinski definition) is 1. The summed E-state index contributed by atoms with van der Waals surface area (Å²) in [6.07, 6.45) is -1.07. The molecule has 0 saturated carbocycles. The summed E-state index contributed by atoms with van der Waals surface area (Å²) in [5.41, 5.74) is 4.50. The van der Waals surface area contributed by atoms with Gasteiger partial charge in [-0.15, -0.1) is 0 Å². The van der Waals surface area contributed by atoms with Crippen molar-refractivity contribution in [1.82, 2.24) is 0 Å². The second-order valence-corrected chi connectivity index (χ2v) is 3.03. The molecule has 0 unspecified atom stereocenters. The molecular formula is C9H9FN2O4. The Morgan fingerprint density at radius 1 is 1.62 bits per heavy atom. The molecule has 1 atom stereocenters. The van der Waals surface area contributed by atoms with Crippen LogP contribution < -0.4 is 10.5 Å². The standard InChI is InChI=1S/C9H9FN2O4/c1-5(9(11)13)16-8-4-6(10)2-3-7(8)12(14)15/h2-5H,1H3,(H2,11,13)/t5-/m0/s1. The van der Waals surface area contributed by atoms with Crippen LogP contribution >= 0.6 is 0 Å². The maximum atomic E-state index is 12.8. The second kappa shape index (κ2) is 4.56. The van der Waals surface area contributed by atoms with Gasteiger partial charge in [0.2, 0.25) is 5.75 Å². The molecule has 1 rings (SSSR count). The fourth-order valence-corrected chi connectivity index (χ4v) is 0.982. The highest BCUT2D eigenvalue weighted by molar-refractivity contribution is 5.78. The van der Waals surface area contributed by atoms with Crippen molar-refractivity contribution in [1.29, 1.82) is 0 Å². The minimum atomic E-state index is -1.07. The van der Waals surface area contributed by atoms with Gasteiger partial charge in [-0.2, -0.15) is 0 Å². The number of nitro benzene ring substituents is 1. The Morgan fingerprint density at radius 2 is 2.25 bits per heavy atom. The molecule has 1 aromatic rings. The zero-order valence-corrected chi connectivity index (χ0v) is 8.34. The maximum absolute atomic E-state index is 12.8. The van der Waals surface area contributed by atoms with Gasteiger partial charge in [0.1, 0.15) is 5.82 Å². The van der Waals surface area contributed by atoms with Gasteiger partial charge in [0.15, 0.2) is 6.10 Å². The van der Waals surface area contributed by atoms with Crippen LogP contribution in [-0.4, -0.2) is 16.9 Å². The molecule has 1 amide bonds. The quantitative estimate of drug-likeness (QED) is 0.613. The number of benzene rings is 1. The van der Waals surface area contributed by atoms with Crippen molar-refractivity contribution >= 4 is 11.6 Å². The first kappa shape index (κ1) is 11.9. The Hall–Kier alpha value is -2.18. The van der Waals surface area contributed by atoms with Crippen molar-refractivity contribution in [2.24, 2.45) is 5.73 Å². The Labute approximate surface area is 90.0 Å². The number of carbonyl (C=O) groups excluding carboxylic acids is 1. The molecular weight excluding hydrogens is 219 g/mol. The predicted octanol–water partition coefficient (Wildman–Crippen LogP) is 0.987. The molecule has 0 bridgehead atoms. The number of ether oxygens (including phenoxy) is 1. The second-order valence-electron chi connectivity index (χ2n) is 3.03. The summed E-state index contributed by atoms with van der Waals surface area (Å²) in [4.78, 5) is 20.5. The van der Waals surface area contributed by atoms with Crippen LogP contribution in [0.2, 0.25) is 0 Å². The molecule has 0 heterocycles. The Bertz CT molecular complexity index is 436. The number of nitrogens with two attached hydrogens (primary N) is 1. The topological polar surface area (TPSA) is 95.5 Å². The van der Waals surface area contributed by atoms with E-state index in [9.17, 15) is 19.3 Å². The van der Waals surface area contributed by atoms with Crippen molar-refractivity contribution in [3.05, 3.63) is 34.1 Å². The predicted molar refractivity (Wildman–Crippen MR) is 52.3 cm³/mol. The van der Waals surface area contributed by atoms with E-state index in [4.69, 9.17) is 10.5 Å². The summed E-state index contributed by atoms with van der Waals surface area (Å²) in [7, 11) is 0. The Morgan fingerprint density at radius 3 is 2.75 bits per heavy atom. The van der Waals surface area contributed by atoms with Crippen LogP contribution in [0.1, 0.15) is 6.92 Å². The summed E-state index contributed by atoms with van der Waals surface area (Å²) in [5.74, 6) is -1.81. The lowest BCUT2D eigenvalue weighted by molar-refractivity contribution is -0.386. The number of rotatable bonds is 4. The zero-order valence-electron chi connectivity index (χ0n) is 8.34. The third-order valence-electron chi connectivity index (χ3n) is 1.82. The fraction of sp³-hybridized carbons (Fsp3) is 0.222. The van der Waals surface area contributed by atoms with Crippen LogP contribution in [0.5, 0.6) is 5.75 Å². The third kappa shape index (κ3) is 2.66. The van der Waals surface area contributed by atoms with Gasteiger partial charge in [-0.05, 0) is 13.0 Å². The Kier molecular flexibility index (Phi) is 3.39. The van der Waals surface area contributed by atoms with E-state index in [0.29, 0.717) is 0 Å². The number of nitrogens with zero attached hydrogens (tertiary/aromatic N) is 1. The van der Waals surface area contributed by atoms with Gasteiger partial charge in [-0.1, -0.05) is 0 Å². The summed E-state index contributed by atoms with van der Waals surface area (Å²) in [6.45, 7) is 1.32. The molecule has 0 spiro atoms. The molecule has 7 heteroatoms. The van der Waals surface area contributed by atoms with Crippen LogP contribution in [0.3, 0.4) is 0 Å². The number of primary amides is 1. The van der Waals surface area contributed by atoms with Gasteiger partial charge in [0.25, 0.3) is 5.91 Å².